The second-order valence-corrected chi connectivity index (χ2v) is 7.98. The predicted octanol–water partition coefficient (Wildman–Crippen LogP) is 3.20. The highest BCUT2D eigenvalue weighted by molar-refractivity contribution is 6.41. The molecule has 1 aromatic rings. The lowest BCUT2D eigenvalue weighted by molar-refractivity contribution is -0.106. The Morgan fingerprint density at radius 1 is 1.46 bits per heavy atom. The number of hydrogen-bond donors (Lipinski definition) is 2. The number of nitrogens with zero attached hydrogens (tertiary/aromatic N) is 2. The maximum atomic E-state index is 6.13. The zero-order valence-electron chi connectivity index (χ0n) is 14.7. The first kappa shape index (κ1) is 17.9. The van der Waals surface area contributed by atoms with Gasteiger partial charge in [0.05, 0.1) is 17.7 Å². The van der Waals surface area contributed by atoms with Crippen molar-refractivity contribution in [2.24, 2.45) is 23.4 Å². The number of aliphatic imine (C=N–C) groups is 1. The molecule has 0 radical (unpaired) electrons. The summed E-state index contributed by atoms with van der Waals surface area (Å²) in [4.78, 5) is 4.72. The Labute approximate surface area is 153 Å². The zero-order valence-corrected chi connectivity index (χ0v) is 16.2. The van der Waals surface area contributed by atoms with Crippen LogP contribution in [0.3, 0.4) is 0 Å². The smallest absolute Gasteiger partial charge is 0.191 e. The summed E-state index contributed by atoms with van der Waals surface area (Å²) in [5.41, 5.74) is 1.10. The van der Waals surface area contributed by atoms with Gasteiger partial charge in [0.15, 0.2) is 5.96 Å². The number of aromatic nitrogens is 1. The van der Waals surface area contributed by atoms with Crippen molar-refractivity contribution in [3.05, 3.63) is 21.9 Å². The Bertz CT molecular complexity index is 641. The van der Waals surface area contributed by atoms with E-state index in [-0.39, 0.29) is 5.41 Å². The third kappa shape index (κ3) is 3.02. The van der Waals surface area contributed by atoms with Gasteiger partial charge in [0.1, 0.15) is 5.15 Å². The van der Waals surface area contributed by atoms with E-state index in [0.29, 0.717) is 34.8 Å². The number of ether oxygens (including phenoxy) is 1. The van der Waals surface area contributed by atoms with Crippen molar-refractivity contribution >= 4 is 29.2 Å². The first-order chi connectivity index (χ1) is 11.4. The largest absolute Gasteiger partial charge is 0.377 e. The number of hydrogen-bond acceptors (Lipinski definition) is 2. The summed E-state index contributed by atoms with van der Waals surface area (Å²) < 4.78 is 7.73. The molecule has 0 spiro atoms. The van der Waals surface area contributed by atoms with Crippen LogP contribution < -0.4 is 10.6 Å². The van der Waals surface area contributed by atoms with Gasteiger partial charge in [-0.15, -0.1) is 0 Å². The molecule has 1 saturated heterocycles. The molecular weight excluding hydrogens is 347 g/mol. The highest BCUT2D eigenvalue weighted by Crippen LogP contribution is 2.52. The molecule has 0 aromatic carbocycles. The summed E-state index contributed by atoms with van der Waals surface area (Å²) in [5.74, 6) is 1.40. The summed E-state index contributed by atoms with van der Waals surface area (Å²) in [6.07, 6.45) is 1.48. The third-order valence-corrected chi connectivity index (χ3v) is 6.19. The maximum absolute atomic E-state index is 6.13. The van der Waals surface area contributed by atoms with Gasteiger partial charge in [0, 0.05) is 43.3 Å². The van der Waals surface area contributed by atoms with E-state index in [2.05, 4.69) is 31.4 Å². The molecule has 3 atom stereocenters. The van der Waals surface area contributed by atoms with E-state index in [1.807, 2.05) is 17.7 Å². The summed E-state index contributed by atoms with van der Waals surface area (Å²) in [7, 11) is 1.90. The Kier molecular flexibility index (Phi) is 5.05. The highest BCUT2D eigenvalue weighted by atomic mass is 35.5. The molecular formula is C17H26Cl2N4O. The number of guanidine groups is 1. The zero-order chi connectivity index (χ0) is 17.5. The SMILES string of the molecule is CCNC(=NCc1cc(Cl)c(Cl)n1C)NC1C2CCOC2C1(C)C. The van der Waals surface area contributed by atoms with Crippen LogP contribution in [0.1, 0.15) is 32.9 Å². The molecule has 0 bridgehead atoms. The van der Waals surface area contributed by atoms with Crippen LogP contribution >= 0.6 is 23.2 Å². The van der Waals surface area contributed by atoms with Crippen molar-refractivity contribution in [3.8, 4) is 0 Å². The molecule has 0 amide bonds. The number of fused-ring (bicyclic) bond motifs is 1. The maximum Gasteiger partial charge on any atom is 0.191 e. The minimum absolute atomic E-state index is 0.120. The van der Waals surface area contributed by atoms with Crippen molar-refractivity contribution in [1.82, 2.24) is 15.2 Å². The summed E-state index contributed by atoms with van der Waals surface area (Å²) >= 11 is 12.2. The van der Waals surface area contributed by atoms with E-state index < -0.39 is 0 Å². The van der Waals surface area contributed by atoms with E-state index in [1.54, 1.807) is 0 Å². The standard InChI is InChI=1S/C17H26Cl2N4O/c1-5-20-16(21-9-10-8-12(18)15(19)23(10)4)22-13-11-6-7-24-14(11)17(13,2)3/h8,11,13-14H,5-7,9H2,1-4H3,(H2,20,21,22). The Morgan fingerprint density at radius 2 is 2.21 bits per heavy atom. The van der Waals surface area contributed by atoms with Gasteiger partial charge in [0.25, 0.3) is 0 Å². The topological polar surface area (TPSA) is 50.6 Å². The van der Waals surface area contributed by atoms with Crippen molar-refractivity contribution in [2.75, 3.05) is 13.2 Å². The molecule has 24 heavy (non-hydrogen) atoms. The molecule has 134 valence electrons. The molecule has 7 heteroatoms. The lowest BCUT2D eigenvalue weighted by Gasteiger charge is -2.54. The van der Waals surface area contributed by atoms with E-state index in [4.69, 9.17) is 32.9 Å². The van der Waals surface area contributed by atoms with Crippen LogP contribution in [0.2, 0.25) is 10.2 Å². The van der Waals surface area contributed by atoms with E-state index in [1.165, 1.54) is 0 Å². The molecule has 1 aliphatic heterocycles. The first-order valence-corrected chi connectivity index (χ1v) is 9.28. The van der Waals surface area contributed by atoms with Crippen LogP contribution in [0.4, 0.5) is 0 Å². The first-order valence-electron chi connectivity index (χ1n) is 8.52. The fraction of sp³-hybridized carbons (Fsp3) is 0.706. The molecule has 5 nitrogen and oxygen atoms in total. The summed E-state index contributed by atoms with van der Waals surface area (Å²) in [5, 5.41) is 8.05. The van der Waals surface area contributed by atoms with Crippen LogP contribution in [0.25, 0.3) is 0 Å². The molecule has 3 rings (SSSR count). The van der Waals surface area contributed by atoms with Gasteiger partial charge in [-0.25, -0.2) is 4.99 Å². The Morgan fingerprint density at radius 3 is 2.83 bits per heavy atom. The predicted molar refractivity (Wildman–Crippen MR) is 98.8 cm³/mol. The molecule has 2 heterocycles. The molecule has 1 aliphatic carbocycles. The minimum atomic E-state index is 0.120. The average Bonchev–Trinajstić information content (AvgIpc) is 3.09. The summed E-state index contributed by atoms with van der Waals surface area (Å²) in [6, 6.07) is 2.24. The Hall–Kier alpha value is -0.910. The fourth-order valence-corrected chi connectivity index (χ4v) is 4.40. The van der Waals surface area contributed by atoms with Crippen LogP contribution in [-0.4, -0.2) is 35.8 Å². The van der Waals surface area contributed by atoms with Crippen molar-refractivity contribution in [1.29, 1.82) is 0 Å². The number of rotatable bonds is 4. The highest BCUT2D eigenvalue weighted by Gasteiger charge is 2.59. The second kappa shape index (κ2) is 6.77. The molecule has 2 aliphatic rings. The lowest BCUT2D eigenvalue weighted by Crippen LogP contribution is -2.67. The van der Waals surface area contributed by atoms with Crippen LogP contribution in [0.15, 0.2) is 11.1 Å². The third-order valence-electron chi connectivity index (χ3n) is 5.35. The molecule has 1 aromatic heterocycles. The quantitative estimate of drug-likeness (QED) is 0.630. The second-order valence-electron chi connectivity index (χ2n) is 7.22. The monoisotopic (exact) mass is 372 g/mol. The van der Waals surface area contributed by atoms with Crippen LogP contribution in [0.5, 0.6) is 0 Å². The average molecular weight is 373 g/mol. The van der Waals surface area contributed by atoms with Gasteiger partial charge in [-0.1, -0.05) is 37.0 Å². The normalized spacial score (nSPS) is 28.4. The Balaban J connectivity index is 1.71. The summed E-state index contributed by atoms with van der Waals surface area (Å²) in [6.45, 7) is 8.80. The van der Waals surface area contributed by atoms with Crippen molar-refractivity contribution < 1.29 is 4.74 Å². The molecule has 3 unspecified atom stereocenters. The van der Waals surface area contributed by atoms with Gasteiger partial charge >= 0.3 is 0 Å². The number of nitrogens with one attached hydrogen (secondary N) is 2. The van der Waals surface area contributed by atoms with Gasteiger partial charge < -0.3 is 19.9 Å². The van der Waals surface area contributed by atoms with Crippen molar-refractivity contribution in [2.45, 2.75) is 45.9 Å². The van der Waals surface area contributed by atoms with Gasteiger partial charge in [-0.3, -0.25) is 0 Å². The van der Waals surface area contributed by atoms with Gasteiger partial charge in [-0.2, -0.15) is 0 Å². The van der Waals surface area contributed by atoms with Crippen LogP contribution in [-0.2, 0) is 18.3 Å². The van der Waals surface area contributed by atoms with Gasteiger partial charge in [0.2, 0.25) is 0 Å². The van der Waals surface area contributed by atoms with Gasteiger partial charge in [-0.05, 0) is 19.4 Å². The van der Waals surface area contributed by atoms with Crippen LogP contribution in [0, 0.1) is 11.3 Å². The molecule has 2 fully saturated rings. The van der Waals surface area contributed by atoms with E-state index in [9.17, 15) is 0 Å². The van der Waals surface area contributed by atoms with Crippen molar-refractivity contribution in [3.63, 3.8) is 0 Å². The van der Waals surface area contributed by atoms with E-state index >= 15 is 0 Å². The minimum Gasteiger partial charge on any atom is -0.377 e. The fourth-order valence-electron chi connectivity index (χ4n) is 3.99. The molecule has 1 saturated carbocycles. The van der Waals surface area contributed by atoms with E-state index in [0.717, 1.165) is 31.2 Å². The lowest BCUT2D eigenvalue weighted by atomic mass is 9.57. The number of halogens is 2. The molecule has 2 N–H and O–H groups in total.